The fraction of sp³-hybridized carbons (Fsp3) is 0.105. The van der Waals surface area contributed by atoms with Crippen molar-refractivity contribution in [2.45, 2.75) is 13.8 Å². The molecule has 0 atom stereocenters. The molecule has 0 aliphatic rings. The molecule has 0 aliphatic heterocycles. The smallest absolute Gasteiger partial charge is 0.255 e. The number of carbonyl (C=O) groups excluding carboxylic acids is 1. The molecule has 0 radical (unpaired) electrons. The van der Waals surface area contributed by atoms with Gasteiger partial charge in [-0.15, -0.1) is 11.3 Å². The van der Waals surface area contributed by atoms with E-state index >= 15 is 0 Å². The second-order valence-electron chi connectivity index (χ2n) is 5.82. The van der Waals surface area contributed by atoms with E-state index in [1.807, 2.05) is 43.5 Å². The predicted octanol–water partition coefficient (Wildman–Crippen LogP) is 4.82. The number of thiazole rings is 1. The van der Waals surface area contributed by atoms with Gasteiger partial charge in [0.15, 0.2) is 5.58 Å². The molecule has 2 heterocycles. The van der Waals surface area contributed by atoms with Crippen LogP contribution in [0, 0.1) is 13.8 Å². The van der Waals surface area contributed by atoms with Crippen LogP contribution in [0.15, 0.2) is 52.4 Å². The number of hydrogen-bond acceptors (Lipinski definition) is 5. The van der Waals surface area contributed by atoms with Gasteiger partial charge in [0.2, 0.25) is 0 Å². The molecule has 1 amide bonds. The Balaban J connectivity index is 1.69. The van der Waals surface area contributed by atoms with Crippen LogP contribution in [0.5, 0.6) is 0 Å². The van der Waals surface area contributed by atoms with Gasteiger partial charge in [0.25, 0.3) is 5.91 Å². The fourth-order valence-electron chi connectivity index (χ4n) is 2.66. The first-order valence-electron chi connectivity index (χ1n) is 7.80. The Labute approximate surface area is 148 Å². The van der Waals surface area contributed by atoms with Gasteiger partial charge in [-0.2, -0.15) is 0 Å². The quantitative estimate of drug-likeness (QED) is 0.576. The summed E-state index contributed by atoms with van der Waals surface area (Å²) in [5.41, 5.74) is 4.46. The van der Waals surface area contributed by atoms with Gasteiger partial charge in [-0.3, -0.25) is 4.79 Å². The number of aryl methyl sites for hydroxylation is 2. The Morgan fingerprint density at radius 2 is 2.04 bits per heavy atom. The highest BCUT2D eigenvalue weighted by molar-refractivity contribution is 7.09. The van der Waals surface area contributed by atoms with Crippen molar-refractivity contribution in [3.05, 3.63) is 64.0 Å². The topological polar surface area (TPSA) is 68.0 Å². The van der Waals surface area contributed by atoms with E-state index in [0.717, 1.165) is 27.3 Å². The minimum absolute atomic E-state index is 0.172. The fourth-order valence-corrected chi connectivity index (χ4v) is 3.26. The van der Waals surface area contributed by atoms with Crippen LogP contribution < -0.4 is 5.32 Å². The largest absolute Gasteiger partial charge is 0.356 e. The van der Waals surface area contributed by atoms with Crippen molar-refractivity contribution in [3.63, 3.8) is 0 Å². The highest BCUT2D eigenvalue weighted by atomic mass is 32.1. The van der Waals surface area contributed by atoms with Crippen LogP contribution in [-0.4, -0.2) is 16.0 Å². The number of anilines is 1. The number of hydrogen-bond donors (Lipinski definition) is 1. The Morgan fingerprint density at radius 1 is 1.16 bits per heavy atom. The summed E-state index contributed by atoms with van der Waals surface area (Å²) in [5, 5.41) is 10.7. The molecule has 0 unspecified atom stereocenters. The number of carbonyl (C=O) groups is 1. The molecule has 25 heavy (non-hydrogen) atoms. The number of aromatic nitrogens is 2. The van der Waals surface area contributed by atoms with Crippen molar-refractivity contribution in [2.75, 3.05) is 5.32 Å². The molecule has 0 bridgehead atoms. The van der Waals surface area contributed by atoms with E-state index in [-0.39, 0.29) is 5.91 Å². The van der Waals surface area contributed by atoms with Crippen LogP contribution in [-0.2, 0) is 0 Å². The first-order valence-corrected chi connectivity index (χ1v) is 8.68. The monoisotopic (exact) mass is 349 g/mol. The molecule has 0 aliphatic carbocycles. The van der Waals surface area contributed by atoms with Gasteiger partial charge in [-0.25, -0.2) is 4.98 Å². The van der Waals surface area contributed by atoms with E-state index in [1.165, 1.54) is 0 Å². The second-order valence-corrected chi connectivity index (χ2v) is 6.88. The van der Waals surface area contributed by atoms with Crippen LogP contribution in [0.2, 0.25) is 0 Å². The second kappa shape index (κ2) is 6.14. The molecule has 4 rings (SSSR count). The molecular weight excluding hydrogens is 334 g/mol. The Kier molecular flexibility index (Phi) is 3.82. The van der Waals surface area contributed by atoms with E-state index in [9.17, 15) is 4.79 Å². The van der Waals surface area contributed by atoms with Crippen molar-refractivity contribution < 1.29 is 9.32 Å². The normalized spacial score (nSPS) is 11.0. The molecule has 2 aromatic heterocycles. The average Bonchev–Trinajstić information content (AvgIpc) is 3.20. The van der Waals surface area contributed by atoms with Crippen LogP contribution in [0.4, 0.5) is 5.69 Å². The molecule has 0 saturated carbocycles. The molecule has 0 fully saturated rings. The third-order valence-electron chi connectivity index (χ3n) is 3.87. The first-order chi connectivity index (χ1) is 12.1. The van der Waals surface area contributed by atoms with E-state index in [1.54, 1.807) is 29.5 Å². The predicted molar refractivity (Wildman–Crippen MR) is 99.0 cm³/mol. The van der Waals surface area contributed by atoms with Crippen molar-refractivity contribution in [1.29, 1.82) is 0 Å². The third-order valence-corrected chi connectivity index (χ3v) is 4.64. The lowest BCUT2D eigenvalue weighted by Crippen LogP contribution is -2.11. The lowest BCUT2D eigenvalue weighted by molar-refractivity contribution is 0.102. The highest BCUT2D eigenvalue weighted by Gasteiger charge is 2.15. The summed E-state index contributed by atoms with van der Waals surface area (Å²) >= 11 is 1.55. The molecule has 0 saturated heterocycles. The van der Waals surface area contributed by atoms with Gasteiger partial charge in [0.05, 0.1) is 10.4 Å². The number of nitrogens with zero attached hydrogens (tertiary/aromatic N) is 2. The summed E-state index contributed by atoms with van der Waals surface area (Å²) < 4.78 is 5.36. The molecule has 0 spiro atoms. The van der Waals surface area contributed by atoms with Gasteiger partial charge in [0, 0.05) is 16.6 Å². The molecule has 4 aromatic rings. The number of fused-ring (bicyclic) bond motifs is 1. The maximum Gasteiger partial charge on any atom is 0.255 e. The Bertz CT molecular complexity index is 1080. The van der Waals surface area contributed by atoms with E-state index in [4.69, 9.17) is 4.52 Å². The lowest BCUT2D eigenvalue weighted by atomic mass is 10.1. The number of benzene rings is 2. The zero-order chi connectivity index (χ0) is 17.4. The highest BCUT2D eigenvalue weighted by Crippen LogP contribution is 2.29. The Hall–Kier alpha value is -2.99. The zero-order valence-corrected chi connectivity index (χ0v) is 14.6. The van der Waals surface area contributed by atoms with Gasteiger partial charge in [0.1, 0.15) is 11.4 Å². The molecule has 6 heteroatoms. The molecule has 1 N–H and O–H groups in total. The van der Waals surface area contributed by atoms with Gasteiger partial charge in [-0.1, -0.05) is 17.3 Å². The summed E-state index contributed by atoms with van der Waals surface area (Å²) in [5.74, 6) is -0.172. The van der Waals surface area contributed by atoms with Crippen molar-refractivity contribution in [2.24, 2.45) is 0 Å². The van der Waals surface area contributed by atoms with E-state index in [0.29, 0.717) is 16.8 Å². The standard InChI is InChI=1S/C19H15N3O2S/c1-11-4-3-5-14(8-11)21-19(23)13-6-7-17-15(9-13)18(22-24-17)16-10-25-12(2)20-16/h3-10H,1-2H3,(H,21,23). The zero-order valence-electron chi connectivity index (χ0n) is 13.7. The summed E-state index contributed by atoms with van der Waals surface area (Å²) in [6, 6.07) is 13.0. The van der Waals surface area contributed by atoms with Gasteiger partial charge >= 0.3 is 0 Å². The first kappa shape index (κ1) is 15.5. The summed E-state index contributed by atoms with van der Waals surface area (Å²) in [6.07, 6.45) is 0. The SMILES string of the molecule is Cc1cccc(NC(=O)c2ccc3onc(-c4csc(C)n4)c3c2)c1. The van der Waals surface area contributed by atoms with Crippen molar-refractivity contribution in [3.8, 4) is 11.4 Å². The van der Waals surface area contributed by atoms with Crippen molar-refractivity contribution >= 4 is 33.9 Å². The minimum atomic E-state index is -0.172. The molecular formula is C19H15N3O2S. The molecule has 5 nitrogen and oxygen atoms in total. The lowest BCUT2D eigenvalue weighted by Gasteiger charge is -2.06. The van der Waals surface area contributed by atoms with E-state index < -0.39 is 0 Å². The number of amides is 1. The maximum atomic E-state index is 12.6. The van der Waals surface area contributed by atoms with Crippen molar-refractivity contribution in [1.82, 2.24) is 10.1 Å². The van der Waals surface area contributed by atoms with Crippen LogP contribution in [0.3, 0.4) is 0 Å². The Morgan fingerprint density at radius 3 is 2.80 bits per heavy atom. The van der Waals surface area contributed by atoms with E-state index in [2.05, 4.69) is 15.5 Å². The average molecular weight is 349 g/mol. The van der Waals surface area contributed by atoms with Gasteiger partial charge < -0.3 is 9.84 Å². The molecule has 2 aromatic carbocycles. The minimum Gasteiger partial charge on any atom is -0.356 e. The van der Waals surface area contributed by atoms with Gasteiger partial charge in [-0.05, 0) is 49.7 Å². The summed E-state index contributed by atoms with van der Waals surface area (Å²) in [4.78, 5) is 17.0. The third kappa shape index (κ3) is 3.04. The maximum absolute atomic E-state index is 12.6. The van der Waals surface area contributed by atoms with Crippen LogP contribution in [0.1, 0.15) is 20.9 Å². The number of nitrogens with one attached hydrogen (secondary N) is 1. The summed E-state index contributed by atoms with van der Waals surface area (Å²) in [7, 11) is 0. The number of rotatable bonds is 3. The van der Waals surface area contributed by atoms with Crippen LogP contribution >= 0.6 is 11.3 Å². The summed E-state index contributed by atoms with van der Waals surface area (Å²) in [6.45, 7) is 3.93. The molecule has 124 valence electrons. The van der Waals surface area contributed by atoms with Crippen LogP contribution in [0.25, 0.3) is 22.4 Å².